The van der Waals surface area contributed by atoms with Gasteiger partial charge in [0, 0.05) is 12.7 Å². The van der Waals surface area contributed by atoms with Crippen molar-refractivity contribution in [2.45, 2.75) is 19.4 Å². The smallest absolute Gasteiger partial charge is 0.246 e. The molecule has 5 nitrogen and oxygen atoms in total. The molecule has 0 aliphatic carbocycles. The SMILES string of the molecule is CNC(C)(C)C(=O)N(C)c1ccc2nc[nH]c2c1. The zero-order valence-electron chi connectivity index (χ0n) is 11.1. The largest absolute Gasteiger partial charge is 0.345 e. The van der Waals surface area contributed by atoms with E-state index in [4.69, 9.17) is 0 Å². The number of benzene rings is 1. The van der Waals surface area contributed by atoms with Crippen molar-refractivity contribution < 1.29 is 4.79 Å². The molecule has 96 valence electrons. The monoisotopic (exact) mass is 246 g/mol. The van der Waals surface area contributed by atoms with Crippen molar-refractivity contribution in [2.24, 2.45) is 0 Å². The van der Waals surface area contributed by atoms with Crippen molar-refractivity contribution in [1.29, 1.82) is 0 Å². The molecule has 1 aromatic carbocycles. The third kappa shape index (κ3) is 2.09. The maximum Gasteiger partial charge on any atom is 0.246 e. The van der Waals surface area contributed by atoms with Gasteiger partial charge in [0.1, 0.15) is 0 Å². The second-order valence-electron chi connectivity index (χ2n) is 4.84. The lowest BCUT2D eigenvalue weighted by atomic mass is 10.0. The number of nitrogens with one attached hydrogen (secondary N) is 2. The highest BCUT2D eigenvalue weighted by Crippen LogP contribution is 2.21. The Hall–Kier alpha value is -1.88. The lowest BCUT2D eigenvalue weighted by Crippen LogP contribution is -2.51. The number of carbonyl (C=O) groups is 1. The molecule has 2 aromatic rings. The summed E-state index contributed by atoms with van der Waals surface area (Å²) in [5.41, 5.74) is 2.08. The van der Waals surface area contributed by atoms with Crippen LogP contribution in [0.3, 0.4) is 0 Å². The highest BCUT2D eigenvalue weighted by molar-refractivity contribution is 6.00. The van der Waals surface area contributed by atoms with Gasteiger partial charge in [-0.05, 0) is 39.1 Å². The Morgan fingerprint density at radius 2 is 2.17 bits per heavy atom. The predicted molar refractivity (Wildman–Crippen MR) is 72.6 cm³/mol. The molecule has 0 aliphatic rings. The van der Waals surface area contributed by atoms with Crippen LogP contribution in [0, 0.1) is 0 Å². The van der Waals surface area contributed by atoms with E-state index in [9.17, 15) is 4.79 Å². The zero-order valence-corrected chi connectivity index (χ0v) is 11.1. The van der Waals surface area contributed by atoms with Gasteiger partial charge in [-0.2, -0.15) is 0 Å². The van der Waals surface area contributed by atoms with Crippen LogP contribution in [-0.2, 0) is 4.79 Å². The van der Waals surface area contributed by atoms with Gasteiger partial charge in [-0.25, -0.2) is 4.98 Å². The van der Waals surface area contributed by atoms with Crippen molar-refractivity contribution in [3.8, 4) is 0 Å². The minimum atomic E-state index is -0.586. The van der Waals surface area contributed by atoms with Gasteiger partial charge in [0.05, 0.1) is 22.9 Å². The van der Waals surface area contributed by atoms with E-state index >= 15 is 0 Å². The zero-order chi connectivity index (χ0) is 13.3. The lowest BCUT2D eigenvalue weighted by molar-refractivity contribution is -0.123. The van der Waals surface area contributed by atoms with Gasteiger partial charge in [0.25, 0.3) is 0 Å². The predicted octanol–water partition coefficient (Wildman–Crippen LogP) is 1.52. The maximum absolute atomic E-state index is 12.3. The summed E-state index contributed by atoms with van der Waals surface area (Å²) in [6, 6.07) is 5.72. The number of hydrogen-bond acceptors (Lipinski definition) is 3. The highest BCUT2D eigenvalue weighted by atomic mass is 16.2. The van der Waals surface area contributed by atoms with E-state index in [1.165, 1.54) is 0 Å². The fourth-order valence-corrected chi connectivity index (χ4v) is 1.78. The molecule has 1 amide bonds. The van der Waals surface area contributed by atoms with Crippen LogP contribution in [0.2, 0.25) is 0 Å². The first-order valence-electron chi connectivity index (χ1n) is 5.86. The van der Waals surface area contributed by atoms with Gasteiger partial charge in [-0.3, -0.25) is 4.79 Å². The van der Waals surface area contributed by atoms with Crippen LogP contribution in [-0.4, -0.2) is 35.5 Å². The first-order valence-corrected chi connectivity index (χ1v) is 5.86. The quantitative estimate of drug-likeness (QED) is 0.863. The number of carbonyl (C=O) groups excluding carboxylic acids is 1. The number of aromatic nitrogens is 2. The second-order valence-corrected chi connectivity index (χ2v) is 4.84. The van der Waals surface area contributed by atoms with Gasteiger partial charge in [0.15, 0.2) is 0 Å². The van der Waals surface area contributed by atoms with Crippen LogP contribution in [0.25, 0.3) is 11.0 Å². The van der Waals surface area contributed by atoms with Crippen LogP contribution in [0.5, 0.6) is 0 Å². The summed E-state index contributed by atoms with van der Waals surface area (Å²) in [7, 11) is 3.56. The molecule has 1 aromatic heterocycles. The van der Waals surface area contributed by atoms with Crippen molar-refractivity contribution in [1.82, 2.24) is 15.3 Å². The number of imidazole rings is 1. The fourth-order valence-electron chi connectivity index (χ4n) is 1.78. The second kappa shape index (κ2) is 4.42. The topological polar surface area (TPSA) is 61.0 Å². The van der Waals surface area contributed by atoms with Crippen molar-refractivity contribution in [3.05, 3.63) is 24.5 Å². The molecule has 0 bridgehead atoms. The van der Waals surface area contributed by atoms with E-state index in [0.29, 0.717) is 0 Å². The standard InChI is InChI=1S/C13H18N4O/c1-13(2,14-3)12(18)17(4)9-5-6-10-11(7-9)16-8-15-10/h5-8,14H,1-4H3,(H,15,16). The Kier molecular flexibility index (Phi) is 3.09. The summed E-state index contributed by atoms with van der Waals surface area (Å²) < 4.78 is 0. The highest BCUT2D eigenvalue weighted by Gasteiger charge is 2.29. The van der Waals surface area contributed by atoms with E-state index in [1.54, 1.807) is 25.3 Å². The van der Waals surface area contributed by atoms with Gasteiger partial charge in [-0.1, -0.05) is 0 Å². The third-order valence-electron chi connectivity index (χ3n) is 3.26. The Balaban J connectivity index is 2.33. The summed E-state index contributed by atoms with van der Waals surface area (Å²) in [4.78, 5) is 21.2. The summed E-state index contributed by atoms with van der Waals surface area (Å²) in [5.74, 6) is 0.0175. The summed E-state index contributed by atoms with van der Waals surface area (Å²) in [6.45, 7) is 3.72. The number of likely N-dealkylation sites (N-methyl/N-ethyl adjacent to an activating group) is 2. The van der Waals surface area contributed by atoms with Crippen LogP contribution in [0.4, 0.5) is 5.69 Å². The molecule has 0 saturated heterocycles. The third-order valence-corrected chi connectivity index (χ3v) is 3.26. The molecular weight excluding hydrogens is 228 g/mol. The van der Waals surface area contributed by atoms with Crippen LogP contribution < -0.4 is 10.2 Å². The van der Waals surface area contributed by atoms with E-state index < -0.39 is 5.54 Å². The van der Waals surface area contributed by atoms with Crippen LogP contribution in [0.15, 0.2) is 24.5 Å². The number of rotatable bonds is 3. The van der Waals surface area contributed by atoms with Gasteiger partial charge >= 0.3 is 0 Å². The number of H-pyrrole nitrogens is 1. The number of amides is 1. The molecule has 5 heteroatoms. The van der Waals surface area contributed by atoms with E-state index in [0.717, 1.165) is 16.7 Å². The average Bonchev–Trinajstić information content (AvgIpc) is 2.84. The summed E-state index contributed by atoms with van der Waals surface area (Å²) in [6.07, 6.45) is 1.65. The molecule has 0 saturated carbocycles. The molecule has 2 rings (SSSR count). The Morgan fingerprint density at radius 1 is 1.44 bits per heavy atom. The van der Waals surface area contributed by atoms with E-state index in [1.807, 2.05) is 32.0 Å². The molecule has 2 N–H and O–H groups in total. The summed E-state index contributed by atoms with van der Waals surface area (Å²) >= 11 is 0. The van der Waals surface area contributed by atoms with Gasteiger partial charge in [0.2, 0.25) is 5.91 Å². The van der Waals surface area contributed by atoms with Crippen LogP contribution >= 0.6 is 0 Å². The van der Waals surface area contributed by atoms with Crippen LogP contribution in [0.1, 0.15) is 13.8 Å². The van der Waals surface area contributed by atoms with E-state index in [2.05, 4.69) is 15.3 Å². The molecule has 18 heavy (non-hydrogen) atoms. The Labute approximate surface area is 106 Å². The van der Waals surface area contributed by atoms with Crippen molar-refractivity contribution in [3.63, 3.8) is 0 Å². The Bertz CT molecular complexity index is 573. The molecule has 0 unspecified atom stereocenters. The summed E-state index contributed by atoms with van der Waals surface area (Å²) in [5, 5.41) is 3.01. The molecule has 0 aliphatic heterocycles. The molecule has 0 spiro atoms. The number of anilines is 1. The number of aromatic amines is 1. The first kappa shape index (κ1) is 12.6. The first-order chi connectivity index (χ1) is 8.45. The number of hydrogen-bond donors (Lipinski definition) is 2. The fraction of sp³-hybridized carbons (Fsp3) is 0.385. The normalized spacial score (nSPS) is 11.8. The van der Waals surface area contributed by atoms with Gasteiger partial charge < -0.3 is 15.2 Å². The molecule has 0 radical (unpaired) electrons. The van der Waals surface area contributed by atoms with Gasteiger partial charge in [-0.15, -0.1) is 0 Å². The minimum Gasteiger partial charge on any atom is -0.345 e. The molecule has 0 fully saturated rings. The maximum atomic E-state index is 12.3. The molecule has 1 heterocycles. The van der Waals surface area contributed by atoms with E-state index in [-0.39, 0.29) is 5.91 Å². The Morgan fingerprint density at radius 3 is 2.83 bits per heavy atom. The minimum absolute atomic E-state index is 0.0175. The molecular formula is C13H18N4O. The van der Waals surface area contributed by atoms with Crippen molar-refractivity contribution in [2.75, 3.05) is 19.0 Å². The molecule has 0 atom stereocenters. The lowest BCUT2D eigenvalue weighted by Gasteiger charge is -2.29. The number of fused-ring (bicyclic) bond motifs is 1. The number of nitrogens with zero attached hydrogens (tertiary/aromatic N) is 2. The van der Waals surface area contributed by atoms with Crippen molar-refractivity contribution >= 4 is 22.6 Å². The average molecular weight is 246 g/mol.